The molecular weight excluding hydrogens is 376 g/mol. The quantitative estimate of drug-likeness (QED) is 0.555. The van der Waals surface area contributed by atoms with Gasteiger partial charge >= 0.3 is 0 Å². The number of aryl methyl sites for hydroxylation is 1. The molecule has 0 spiro atoms. The molecule has 0 fully saturated rings. The van der Waals surface area contributed by atoms with Crippen molar-refractivity contribution in [3.8, 4) is 17.1 Å². The van der Waals surface area contributed by atoms with Crippen LogP contribution in [0.15, 0.2) is 53.3 Å². The number of carbonyl (C=O) groups is 1. The lowest BCUT2D eigenvalue weighted by atomic mass is 10.1. The molecule has 2 aromatic carbocycles. The van der Waals surface area contributed by atoms with E-state index in [-0.39, 0.29) is 12.2 Å². The molecule has 0 saturated heterocycles. The van der Waals surface area contributed by atoms with Gasteiger partial charge < -0.3 is 10.5 Å². The van der Waals surface area contributed by atoms with E-state index in [1.165, 1.54) is 15.9 Å². The lowest BCUT2D eigenvalue weighted by Crippen LogP contribution is -2.23. The van der Waals surface area contributed by atoms with E-state index in [0.717, 1.165) is 16.7 Å². The molecule has 2 N–H and O–H groups in total. The highest BCUT2D eigenvalue weighted by Crippen LogP contribution is 2.18. The van der Waals surface area contributed by atoms with E-state index in [1.54, 1.807) is 30.3 Å². The van der Waals surface area contributed by atoms with Gasteiger partial charge in [0, 0.05) is 5.56 Å². The summed E-state index contributed by atoms with van der Waals surface area (Å²) in [5.41, 5.74) is 7.66. The first-order chi connectivity index (χ1) is 13.5. The second kappa shape index (κ2) is 7.24. The number of fused-ring (bicyclic) bond motifs is 1. The maximum absolute atomic E-state index is 12.7. The summed E-state index contributed by atoms with van der Waals surface area (Å²) in [5, 5.41) is 4.36. The van der Waals surface area contributed by atoms with E-state index < -0.39 is 5.91 Å². The molecule has 8 heteroatoms. The lowest BCUT2D eigenvalue weighted by Gasteiger charge is -2.03. The summed E-state index contributed by atoms with van der Waals surface area (Å²) in [6.07, 6.45) is 1.77. The van der Waals surface area contributed by atoms with E-state index in [2.05, 4.69) is 10.1 Å². The zero-order valence-corrected chi connectivity index (χ0v) is 15.8. The molecule has 2 aromatic heterocycles. The zero-order valence-electron chi connectivity index (χ0n) is 15.0. The predicted molar refractivity (Wildman–Crippen MR) is 107 cm³/mol. The molecule has 0 radical (unpaired) electrons. The largest absolute Gasteiger partial charge is 0.484 e. The average Bonchev–Trinajstić information content (AvgIpc) is 3.21. The van der Waals surface area contributed by atoms with E-state index in [4.69, 9.17) is 10.5 Å². The number of nitrogens with zero attached hydrogens (tertiary/aromatic N) is 3. The third kappa shape index (κ3) is 3.63. The molecule has 0 unspecified atom stereocenters. The molecule has 28 heavy (non-hydrogen) atoms. The molecule has 7 nitrogen and oxygen atoms in total. The van der Waals surface area contributed by atoms with Crippen molar-refractivity contribution < 1.29 is 9.53 Å². The molecule has 0 bridgehead atoms. The van der Waals surface area contributed by atoms with Crippen molar-refractivity contribution in [3.05, 3.63) is 74.5 Å². The van der Waals surface area contributed by atoms with Crippen LogP contribution in [-0.2, 0) is 4.79 Å². The molecule has 140 valence electrons. The number of amides is 1. The number of ether oxygens (including phenoxy) is 1. The van der Waals surface area contributed by atoms with Crippen LogP contribution in [-0.4, -0.2) is 27.1 Å². The van der Waals surface area contributed by atoms with E-state index in [9.17, 15) is 9.59 Å². The SMILES string of the molecule is Cc1cccc(-c2nc3s/c(=C\c4ccc(OCC(N)=O)cc4)c(=O)n3n2)c1. The Morgan fingerprint density at radius 2 is 2.04 bits per heavy atom. The van der Waals surface area contributed by atoms with Gasteiger partial charge in [0.1, 0.15) is 5.75 Å². The monoisotopic (exact) mass is 392 g/mol. The van der Waals surface area contributed by atoms with Crippen LogP contribution in [0.1, 0.15) is 11.1 Å². The number of carbonyl (C=O) groups excluding carboxylic acids is 1. The minimum Gasteiger partial charge on any atom is -0.484 e. The highest BCUT2D eigenvalue weighted by atomic mass is 32.1. The van der Waals surface area contributed by atoms with Crippen LogP contribution in [0.4, 0.5) is 0 Å². The third-order valence-electron chi connectivity index (χ3n) is 4.02. The average molecular weight is 392 g/mol. The number of benzene rings is 2. The fourth-order valence-corrected chi connectivity index (χ4v) is 3.61. The molecular formula is C20H16N4O3S. The van der Waals surface area contributed by atoms with Gasteiger partial charge in [0.25, 0.3) is 11.5 Å². The van der Waals surface area contributed by atoms with Gasteiger partial charge in [-0.3, -0.25) is 9.59 Å². The van der Waals surface area contributed by atoms with Gasteiger partial charge in [0.15, 0.2) is 12.4 Å². The Hall–Kier alpha value is -3.52. The molecule has 0 aliphatic carbocycles. The van der Waals surface area contributed by atoms with Crippen LogP contribution in [0, 0.1) is 6.92 Å². The van der Waals surface area contributed by atoms with Crippen molar-refractivity contribution in [2.45, 2.75) is 6.92 Å². The second-order valence-corrected chi connectivity index (χ2v) is 7.25. The van der Waals surface area contributed by atoms with Gasteiger partial charge in [-0.25, -0.2) is 0 Å². The summed E-state index contributed by atoms with van der Waals surface area (Å²) >= 11 is 1.29. The number of rotatable bonds is 5. The van der Waals surface area contributed by atoms with E-state index in [0.29, 0.717) is 21.1 Å². The molecule has 0 atom stereocenters. The van der Waals surface area contributed by atoms with Gasteiger partial charge in [-0.05, 0) is 36.8 Å². The zero-order chi connectivity index (χ0) is 19.7. The first-order valence-corrected chi connectivity index (χ1v) is 9.31. The fourth-order valence-electron chi connectivity index (χ4n) is 2.71. The first kappa shape index (κ1) is 17.9. The second-order valence-electron chi connectivity index (χ2n) is 6.24. The smallest absolute Gasteiger partial charge is 0.291 e. The normalized spacial score (nSPS) is 11.8. The maximum Gasteiger partial charge on any atom is 0.291 e. The number of thiazole rings is 1. The van der Waals surface area contributed by atoms with Crippen molar-refractivity contribution in [2.24, 2.45) is 5.73 Å². The fraction of sp³-hybridized carbons (Fsp3) is 0.100. The summed E-state index contributed by atoms with van der Waals surface area (Å²) < 4.78 is 7.09. The van der Waals surface area contributed by atoms with Crippen molar-refractivity contribution in [1.82, 2.24) is 14.6 Å². The number of primary amides is 1. The molecule has 0 saturated carbocycles. The molecule has 4 rings (SSSR count). The topological polar surface area (TPSA) is 99.6 Å². The van der Waals surface area contributed by atoms with Gasteiger partial charge in [0.05, 0.1) is 4.53 Å². The maximum atomic E-state index is 12.7. The minimum absolute atomic E-state index is 0.176. The molecule has 1 amide bonds. The molecule has 4 aromatic rings. The minimum atomic E-state index is -0.536. The van der Waals surface area contributed by atoms with Crippen LogP contribution in [0.3, 0.4) is 0 Å². The highest BCUT2D eigenvalue weighted by molar-refractivity contribution is 7.15. The predicted octanol–water partition coefficient (Wildman–Crippen LogP) is 1.54. The number of hydrogen-bond acceptors (Lipinski definition) is 6. The van der Waals surface area contributed by atoms with Crippen molar-refractivity contribution in [3.63, 3.8) is 0 Å². The molecule has 2 heterocycles. The summed E-state index contributed by atoms with van der Waals surface area (Å²) in [7, 11) is 0. The summed E-state index contributed by atoms with van der Waals surface area (Å²) in [4.78, 5) is 28.4. The third-order valence-corrected chi connectivity index (χ3v) is 4.98. The molecule has 0 aliphatic rings. The van der Waals surface area contributed by atoms with Crippen LogP contribution in [0.5, 0.6) is 5.75 Å². The van der Waals surface area contributed by atoms with Gasteiger partial charge in [0.2, 0.25) is 4.96 Å². The van der Waals surface area contributed by atoms with Crippen LogP contribution in [0.25, 0.3) is 22.4 Å². The summed E-state index contributed by atoms with van der Waals surface area (Å²) in [5.74, 6) is 0.532. The Bertz CT molecular complexity index is 1280. The highest BCUT2D eigenvalue weighted by Gasteiger charge is 2.12. The van der Waals surface area contributed by atoms with Crippen LogP contribution >= 0.6 is 11.3 Å². The van der Waals surface area contributed by atoms with E-state index >= 15 is 0 Å². The summed E-state index contributed by atoms with van der Waals surface area (Å²) in [6.45, 7) is 1.82. The van der Waals surface area contributed by atoms with Gasteiger partial charge in [-0.2, -0.15) is 9.50 Å². The van der Waals surface area contributed by atoms with Crippen molar-refractivity contribution >= 4 is 28.3 Å². The van der Waals surface area contributed by atoms with Gasteiger partial charge in [-0.15, -0.1) is 5.10 Å². The lowest BCUT2D eigenvalue weighted by molar-refractivity contribution is -0.119. The number of hydrogen-bond donors (Lipinski definition) is 1. The Kier molecular flexibility index (Phi) is 4.62. The Labute approximate surface area is 163 Å². The Balaban J connectivity index is 1.64. The standard InChI is InChI=1S/C20H16N4O3S/c1-12-3-2-4-14(9-12)18-22-20-24(23-18)19(26)16(28-20)10-13-5-7-15(8-6-13)27-11-17(21)25/h2-10H,11H2,1H3,(H2,21,25)/b16-10-. The van der Waals surface area contributed by atoms with Gasteiger partial charge in [-0.1, -0.05) is 47.2 Å². The Morgan fingerprint density at radius 1 is 1.25 bits per heavy atom. The van der Waals surface area contributed by atoms with Crippen LogP contribution in [0.2, 0.25) is 0 Å². The first-order valence-electron chi connectivity index (χ1n) is 8.49. The van der Waals surface area contributed by atoms with Crippen molar-refractivity contribution in [2.75, 3.05) is 6.61 Å². The van der Waals surface area contributed by atoms with Crippen molar-refractivity contribution in [1.29, 1.82) is 0 Å². The Morgan fingerprint density at radius 3 is 2.71 bits per heavy atom. The summed E-state index contributed by atoms with van der Waals surface area (Å²) in [6, 6.07) is 14.9. The number of nitrogens with two attached hydrogens (primary N) is 1. The van der Waals surface area contributed by atoms with Crippen LogP contribution < -0.4 is 20.6 Å². The van der Waals surface area contributed by atoms with E-state index in [1.807, 2.05) is 31.2 Å². The number of aromatic nitrogens is 3. The molecule has 0 aliphatic heterocycles.